The summed E-state index contributed by atoms with van der Waals surface area (Å²) in [5.74, 6) is -0.353. The molecule has 1 heterocycles. The summed E-state index contributed by atoms with van der Waals surface area (Å²) in [6.07, 6.45) is 1.56. The molecule has 1 fully saturated rings. The van der Waals surface area contributed by atoms with Gasteiger partial charge in [-0.1, -0.05) is 18.2 Å². The second-order valence-electron chi connectivity index (χ2n) is 6.38. The van der Waals surface area contributed by atoms with Gasteiger partial charge in [-0.05, 0) is 44.7 Å². The molecule has 0 aliphatic carbocycles. The smallest absolute Gasteiger partial charge is 0.407 e. The van der Waals surface area contributed by atoms with Crippen molar-refractivity contribution < 1.29 is 18.7 Å². The lowest BCUT2D eigenvalue weighted by Gasteiger charge is -2.22. The molecule has 2 rings (SSSR count). The number of alkyl carbamates (subject to hydrolysis) is 1. The minimum atomic E-state index is -0.583. The van der Waals surface area contributed by atoms with E-state index in [0.717, 1.165) is 25.9 Å². The fraction of sp³-hybridized carbons (Fsp3) is 0.556. The van der Waals surface area contributed by atoms with Crippen LogP contribution in [0.5, 0.6) is 0 Å². The summed E-state index contributed by atoms with van der Waals surface area (Å²) >= 11 is 0. The average molecular weight is 336 g/mol. The van der Waals surface area contributed by atoms with Gasteiger partial charge in [-0.3, -0.25) is 4.79 Å². The lowest BCUT2D eigenvalue weighted by Crippen LogP contribution is -2.42. The summed E-state index contributed by atoms with van der Waals surface area (Å²) in [4.78, 5) is 26.1. The van der Waals surface area contributed by atoms with E-state index >= 15 is 0 Å². The molecule has 1 aromatic carbocycles. The largest absolute Gasteiger partial charge is 0.447 e. The van der Waals surface area contributed by atoms with E-state index in [9.17, 15) is 14.0 Å². The van der Waals surface area contributed by atoms with Gasteiger partial charge >= 0.3 is 6.09 Å². The number of carbonyl (C=O) groups is 2. The molecule has 132 valence electrons. The lowest BCUT2D eigenvalue weighted by atomic mass is 10.0. The van der Waals surface area contributed by atoms with Crippen LogP contribution in [0.1, 0.15) is 38.7 Å². The molecular formula is C18H25FN2O3. The van der Waals surface area contributed by atoms with Crippen molar-refractivity contribution in [3.8, 4) is 0 Å². The highest BCUT2D eigenvalue weighted by Gasteiger charge is 2.24. The standard InChI is InChI=1S/C18H25FN2O3/c1-13(2)24-18(23)20-15(11-14-7-3-4-8-16(14)19)12-17(22)21-9-5-6-10-21/h3-4,7-8,13,15H,5-6,9-12H2,1-2H3,(H,20,23)/t15-/m1/s1. The third-order valence-electron chi connectivity index (χ3n) is 3.97. The monoisotopic (exact) mass is 336 g/mol. The molecule has 0 aromatic heterocycles. The second-order valence-corrected chi connectivity index (χ2v) is 6.38. The number of halogens is 1. The summed E-state index contributed by atoms with van der Waals surface area (Å²) in [5.41, 5.74) is 0.474. The molecule has 5 nitrogen and oxygen atoms in total. The normalized spacial score (nSPS) is 15.4. The van der Waals surface area contributed by atoms with Crippen LogP contribution in [-0.4, -0.2) is 42.1 Å². The van der Waals surface area contributed by atoms with E-state index in [4.69, 9.17) is 4.74 Å². The molecule has 0 bridgehead atoms. The van der Waals surface area contributed by atoms with E-state index in [0.29, 0.717) is 5.56 Å². The predicted octanol–water partition coefficient (Wildman–Crippen LogP) is 2.88. The fourth-order valence-electron chi connectivity index (χ4n) is 2.82. The number of hydrogen-bond acceptors (Lipinski definition) is 3. The maximum atomic E-state index is 13.9. The molecule has 1 saturated heterocycles. The number of likely N-dealkylation sites (tertiary alicyclic amines) is 1. The van der Waals surface area contributed by atoms with Crippen molar-refractivity contribution in [2.75, 3.05) is 13.1 Å². The van der Waals surface area contributed by atoms with E-state index in [1.165, 1.54) is 6.07 Å². The summed E-state index contributed by atoms with van der Waals surface area (Å²) in [5, 5.41) is 2.70. The Balaban J connectivity index is 2.03. The minimum absolute atomic E-state index is 0.0151. The highest BCUT2D eigenvalue weighted by Crippen LogP contribution is 2.14. The van der Waals surface area contributed by atoms with Gasteiger partial charge in [-0.25, -0.2) is 9.18 Å². The Morgan fingerprint density at radius 3 is 2.54 bits per heavy atom. The summed E-state index contributed by atoms with van der Waals surface area (Å²) in [6.45, 7) is 5.01. The first-order chi connectivity index (χ1) is 11.5. The van der Waals surface area contributed by atoms with Gasteiger partial charge < -0.3 is 15.0 Å². The van der Waals surface area contributed by atoms with Crippen LogP contribution >= 0.6 is 0 Å². The maximum absolute atomic E-state index is 13.9. The van der Waals surface area contributed by atoms with Crippen LogP contribution < -0.4 is 5.32 Å². The van der Waals surface area contributed by atoms with Crippen molar-refractivity contribution in [1.29, 1.82) is 0 Å². The Kier molecular flexibility index (Phi) is 6.58. The van der Waals surface area contributed by atoms with Crippen LogP contribution in [0, 0.1) is 5.82 Å². The van der Waals surface area contributed by atoms with E-state index in [1.54, 1.807) is 36.9 Å². The zero-order valence-electron chi connectivity index (χ0n) is 14.3. The Morgan fingerprint density at radius 2 is 1.92 bits per heavy atom. The molecule has 2 amide bonds. The number of carbonyl (C=O) groups excluding carboxylic acids is 2. The van der Waals surface area contributed by atoms with Crippen LogP contribution in [-0.2, 0) is 16.0 Å². The average Bonchev–Trinajstić information content (AvgIpc) is 3.03. The molecule has 0 radical (unpaired) electrons. The van der Waals surface area contributed by atoms with Crippen molar-refractivity contribution in [2.24, 2.45) is 0 Å². The van der Waals surface area contributed by atoms with Gasteiger partial charge in [0.2, 0.25) is 5.91 Å². The molecule has 24 heavy (non-hydrogen) atoms. The first-order valence-electron chi connectivity index (χ1n) is 8.44. The number of ether oxygens (including phenoxy) is 1. The fourth-order valence-corrected chi connectivity index (χ4v) is 2.82. The molecule has 0 spiro atoms. The topological polar surface area (TPSA) is 58.6 Å². The number of amides is 2. The number of rotatable bonds is 6. The number of benzene rings is 1. The van der Waals surface area contributed by atoms with Crippen LogP contribution in [0.15, 0.2) is 24.3 Å². The van der Waals surface area contributed by atoms with Gasteiger partial charge in [0.25, 0.3) is 0 Å². The predicted molar refractivity (Wildman–Crippen MR) is 89.1 cm³/mol. The molecule has 1 atom stereocenters. The van der Waals surface area contributed by atoms with Gasteiger partial charge in [0, 0.05) is 25.6 Å². The van der Waals surface area contributed by atoms with Crippen LogP contribution in [0.2, 0.25) is 0 Å². The molecule has 1 aromatic rings. The summed E-state index contributed by atoms with van der Waals surface area (Å²) in [7, 11) is 0. The Morgan fingerprint density at radius 1 is 1.25 bits per heavy atom. The van der Waals surface area contributed by atoms with Crippen molar-refractivity contribution in [1.82, 2.24) is 10.2 Å². The van der Waals surface area contributed by atoms with Gasteiger partial charge in [0.15, 0.2) is 0 Å². The maximum Gasteiger partial charge on any atom is 0.407 e. The van der Waals surface area contributed by atoms with Crippen molar-refractivity contribution in [3.63, 3.8) is 0 Å². The number of nitrogens with zero attached hydrogens (tertiary/aromatic N) is 1. The van der Waals surface area contributed by atoms with Crippen LogP contribution in [0.4, 0.5) is 9.18 Å². The Bertz CT molecular complexity index is 571. The highest BCUT2D eigenvalue weighted by atomic mass is 19.1. The van der Waals surface area contributed by atoms with Crippen LogP contribution in [0.25, 0.3) is 0 Å². The van der Waals surface area contributed by atoms with Crippen molar-refractivity contribution >= 4 is 12.0 Å². The van der Waals surface area contributed by atoms with Gasteiger partial charge in [0.05, 0.1) is 6.10 Å². The molecule has 0 unspecified atom stereocenters. The molecule has 0 saturated carbocycles. The summed E-state index contributed by atoms with van der Waals surface area (Å²) in [6, 6.07) is 5.90. The lowest BCUT2D eigenvalue weighted by molar-refractivity contribution is -0.130. The highest BCUT2D eigenvalue weighted by molar-refractivity contribution is 5.78. The molecule has 1 aliphatic heterocycles. The minimum Gasteiger partial charge on any atom is -0.447 e. The van der Waals surface area contributed by atoms with Crippen molar-refractivity contribution in [2.45, 2.75) is 51.7 Å². The third-order valence-corrected chi connectivity index (χ3v) is 3.97. The van der Waals surface area contributed by atoms with Crippen molar-refractivity contribution in [3.05, 3.63) is 35.6 Å². The van der Waals surface area contributed by atoms with E-state index in [-0.39, 0.29) is 30.7 Å². The number of nitrogens with one attached hydrogen (secondary N) is 1. The van der Waals surface area contributed by atoms with Gasteiger partial charge in [0.1, 0.15) is 5.82 Å². The zero-order chi connectivity index (χ0) is 17.5. The number of hydrogen-bond donors (Lipinski definition) is 1. The Hall–Kier alpha value is -2.11. The Labute approximate surface area is 142 Å². The molecule has 6 heteroatoms. The quantitative estimate of drug-likeness (QED) is 0.869. The first kappa shape index (κ1) is 18.2. The van der Waals surface area contributed by atoms with Gasteiger partial charge in [-0.15, -0.1) is 0 Å². The van der Waals surface area contributed by atoms with Gasteiger partial charge in [-0.2, -0.15) is 0 Å². The molecule has 1 aliphatic rings. The summed E-state index contributed by atoms with van der Waals surface area (Å²) < 4.78 is 19.0. The molecule has 1 N–H and O–H groups in total. The van der Waals surface area contributed by atoms with Crippen LogP contribution in [0.3, 0.4) is 0 Å². The zero-order valence-corrected chi connectivity index (χ0v) is 14.3. The second kappa shape index (κ2) is 8.66. The molecular weight excluding hydrogens is 311 g/mol. The first-order valence-corrected chi connectivity index (χ1v) is 8.44. The van der Waals surface area contributed by atoms with E-state index in [2.05, 4.69) is 5.32 Å². The van der Waals surface area contributed by atoms with E-state index < -0.39 is 12.1 Å². The SMILES string of the molecule is CC(C)OC(=O)N[C@@H](CC(=O)N1CCCC1)Cc1ccccc1F. The third kappa shape index (κ3) is 5.51. The van der Waals surface area contributed by atoms with E-state index in [1.807, 2.05) is 0 Å².